The third kappa shape index (κ3) is 4.35. The molecule has 0 bridgehead atoms. The molecule has 1 aliphatic heterocycles. The number of hydrogen-bond acceptors (Lipinski definition) is 5. The average Bonchev–Trinajstić information content (AvgIpc) is 3.15. The van der Waals surface area contributed by atoms with Gasteiger partial charge in [0.2, 0.25) is 0 Å². The summed E-state index contributed by atoms with van der Waals surface area (Å²) < 4.78 is 10.9. The summed E-state index contributed by atoms with van der Waals surface area (Å²) >= 11 is 6.23. The minimum Gasteiger partial charge on any atom is -0.491 e. The van der Waals surface area contributed by atoms with Gasteiger partial charge in [-0.3, -0.25) is 4.90 Å². The van der Waals surface area contributed by atoms with E-state index >= 15 is 0 Å². The smallest absolute Gasteiger partial charge is 0.410 e. The SMILES string of the molecule is CCOC(=O)N1CCc2c([nH]c3ccc(Cl)cc23)C1c1ccc(OCC(O)CN)cc1. The van der Waals surface area contributed by atoms with Crippen molar-refractivity contribution in [1.29, 1.82) is 0 Å². The van der Waals surface area contributed by atoms with E-state index in [0.717, 1.165) is 27.7 Å². The molecule has 1 aliphatic rings. The van der Waals surface area contributed by atoms with E-state index in [4.69, 9.17) is 26.8 Å². The number of hydrogen-bond donors (Lipinski definition) is 3. The number of benzene rings is 2. The van der Waals surface area contributed by atoms with Gasteiger partial charge in [0, 0.05) is 34.7 Å². The monoisotopic (exact) mass is 443 g/mol. The first-order valence-corrected chi connectivity index (χ1v) is 10.7. The number of aromatic nitrogens is 1. The largest absolute Gasteiger partial charge is 0.491 e. The zero-order valence-corrected chi connectivity index (χ0v) is 18.1. The maximum absolute atomic E-state index is 12.7. The number of nitrogens with one attached hydrogen (secondary N) is 1. The molecule has 0 saturated carbocycles. The van der Waals surface area contributed by atoms with E-state index in [1.165, 1.54) is 0 Å². The zero-order valence-electron chi connectivity index (χ0n) is 17.3. The van der Waals surface area contributed by atoms with Crippen molar-refractivity contribution in [2.45, 2.75) is 25.5 Å². The fourth-order valence-electron chi connectivity index (χ4n) is 4.02. The van der Waals surface area contributed by atoms with Gasteiger partial charge in [0.05, 0.1) is 6.61 Å². The lowest BCUT2D eigenvalue weighted by Crippen LogP contribution is -2.40. The first kappa shape index (κ1) is 21.5. The summed E-state index contributed by atoms with van der Waals surface area (Å²) in [5.41, 5.74) is 9.46. The Morgan fingerprint density at radius 1 is 1.32 bits per heavy atom. The van der Waals surface area contributed by atoms with Gasteiger partial charge in [0.25, 0.3) is 0 Å². The molecule has 7 nitrogen and oxygen atoms in total. The number of nitrogens with zero attached hydrogens (tertiary/aromatic N) is 1. The Morgan fingerprint density at radius 3 is 2.81 bits per heavy atom. The number of ether oxygens (including phenoxy) is 2. The van der Waals surface area contributed by atoms with Gasteiger partial charge in [-0.1, -0.05) is 23.7 Å². The molecule has 31 heavy (non-hydrogen) atoms. The quantitative estimate of drug-likeness (QED) is 0.540. The number of amides is 1. The van der Waals surface area contributed by atoms with Crippen molar-refractivity contribution in [2.24, 2.45) is 5.73 Å². The Hall–Kier alpha value is -2.74. The van der Waals surface area contributed by atoms with E-state index in [1.807, 2.05) is 42.5 Å². The number of aliphatic hydroxyl groups is 1. The molecule has 0 fully saturated rings. The molecule has 2 heterocycles. The predicted molar refractivity (Wildman–Crippen MR) is 120 cm³/mol. The number of aromatic amines is 1. The second-order valence-electron chi connectivity index (χ2n) is 7.52. The molecule has 4 rings (SSSR count). The highest BCUT2D eigenvalue weighted by Gasteiger charge is 2.35. The molecule has 0 radical (unpaired) electrons. The van der Waals surface area contributed by atoms with Gasteiger partial charge in [-0.15, -0.1) is 0 Å². The summed E-state index contributed by atoms with van der Waals surface area (Å²) in [7, 11) is 0. The summed E-state index contributed by atoms with van der Waals surface area (Å²) in [5, 5.41) is 11.4. The van der Waals surface area contributed by atoms with Gasteiger partial charge in [0.1, 0.15) is 24.5 Å². The molecule has 2 unspecified atom stereocenters. The summed E-state index contributed by atoms with van der Waals surface area (Å²) in [6.45, 7) is 2.92. The average molecular weight is 444 g/mol. The van der Waals surface area contributed by atoms with Crippen LogP contribution in [0, 0.1) is 0 Å². The van der Waals surface area contributed by atoms with Gasteiger partial charge in [-0.2, -0.15) is 0 Å². The van der Waals surface area contributed by atoms with Crippen LogP contribution in [-0.4, -0.2) is 53.5 Å². The fourth-order valence-corrected chi connectivity index (χ4v) is 4.19. The number of fused-ring (bicyclic) bond motifs is 3. The lowest BCUT2D eigenvalue weighted by Gasteiger charge is -2.35. The van der Waals surface area contributed by atoms with Crippen LogP contribution in [0.15, 0.2) is 42.5 Å². The molecule has 0 spiro atoms. The Morgan fingerprint density at radius 2 is 2.10 bits per heavy atom. The summed E-state index contributed by atoms with van der Waals surface area (Å²) in [6, 6.07) is 13.0. The van der Waals surface area contributed by atoms with Gasteiger partial charge in [-0.05, 0) is 54.8 Å². The molecule has 1 aromatic heterocycles. The maximum Gasteiger partial charge on any atom is 0.410 e. The first-order valence-electron chi connectivity index (χ1n) is 10.4. The predicted octanol–water partition coefficient (Wildman–Crippen LogP) is 3.62. The van der Waals surface area contributed by atoms with Crippen molar-refractivity contribution < 1.29 is 19.4 Å². The van der Waals surface area contributed by atoms with E-state index in [-0.39, 0.29) is 25.3 Å². The van der Waals surface area contributed by atoms with Crippen molar-refractivity contribution in [2.75, 3.05) is 26.3 Å². The summed E-state index contributed by atoms with van der Waals surface area (Å²) in [6.07, 6.45) is -0.345. The van der Waals surface area contributed by atoms with Crippen molar-refractivity contribution in [3.8, 4) is 5.75 Å². The van der Waals surface area contributed by atoms with E-state index in [9.17, 15) is 9.90 Å². The van der Waals surface area contributed by atoms with Crippen molar-refractivity contribution in [1.82, 2.24) is 9.88 Å². The number of aliphatic hydroxyl groups excluding tert-OH is 1. The Balaban J connectivity index is 1.71. The molecular formula is C23H26ClN3O4. The van der Waals surface area contributed by atoms with Gasteiger partial charge in [0.15, 0.2) is 0 Å². The molecule has 1 amide bonds. The summed E-state index contributed by atoms with van der Waals surface area (Å²) in [4.78, 5) is 18.0. The number of carbonyl (C=O) groups excluding carboxylic acids is 1. The Kier molecular flexibility index (Phi) is 6.36. The Bertz CT molecular complexity index is 1070. The van der Waals surface area contributed by atoms with E-state index in [0.29, 0.717) is 30.3 Å². The first-order chi connectivity index (χ1) is 15.0. The molecule has 4 N–H and O–H groups in total. The number of carbonyl (C=O) groups is 1. The molecule has 0 aliphatic carbocycles. The number of nitrogens with two attached hydrogens (primary N) is 1. The van der Waals surface area contributed by atoms with Crippen molar-refractivity contribution >= 4 is 28.6 Å². The molecule has 3 aromatic rings. The highest BCUT2D eigenvalue weighted by molar-refractivity contribution is 6.31. The van der Waals surface area contributed by atoms with Crippen molar-refractivity contribution in [3.05, 3.63) is 64.3 Å². The minimum atomic E-state index is -0.710. The lowest BCUT2D eigenvalue weighted by atomic mass is 9.92. The van der Waals surface area contributed by atoms with E-state index in [1.54, 1.807) is 11.8 Å². The molecule has 164 valence electrons. The maximum atomic E-state index is 12.7. The minimum absolute atomic E-state index is 0.126. The third-order valence-electron chi connectivity index (χ3n) is 5.50. The Labute approximate surface area is 185 Å². The molecule has 8 heteroatoms. The van der Waals surface area contributed by atoms with Crippen LogP contribution in [-0.2, 0) is 11.2 Å². The van der Waals surface area contributed by atoms with Gasteiger partial charge >= 0.3 is 6.09 Å². The van der Waals surface area contributed by atoms with Crippen LogP contribution in [0.25, 0.3) is 10.9 Å². The second-order valence-corrected chi connectivity index (χ2v) is 7.96. The molecule has 2 atom stereocenters. The topological polar surface area (TPSA) is 101 Å². The normalized spacial score (nSPS) is 16.8. The van der Waals surface area contributed by atoms with E-state index in [2.05, 4.69) is 4.98 Å². The van der Waals surface area contributed by atoms with Crippen molar-refractivity contribution in [3.63, 3.8) is 0 Å². The van der Waals surface area contributed by atoms with Crippen LogP contribution in [0.4, 0.5) is 4.79 Å². The highest BCUT2D eigenvalue weighted by Crippen LogP contribution is 2.39. The van der Waals surface area contributed by atoms with Crippen LogP contribution in [0.3, 0.4) is 0 Å². The van der Waals surface area contributed by atoms with Crippen LogP contribution < -0.4 is 10.5 Å². The van der Waals surface area contributed by atoms with Gasteiger partial charge < -0.3 is 25.3 Å². The highest BCUT2D eigenvalue weighted by atomic mass is 35.5. The zero-order chi connectivity index (χ0) is 22.0. The number of H-pyrrole nitrogens is 1. The van der Waals surface area contributed by atoms with Crippen LogP contribution >= 0.6 is 11.6 Å². The second kappa shape index (κ2) is 9.18. The molecule has 0 saturated heterocycles. The van der Waals surface area contributed by atoms with E-state index < -0.39 is 6.10 Å². The molecule has 2 aromatic carbocycles. The fraction of sp³-hybridized carbons (Fsp3) is 0.348. The van der Waals surface area contributed by atoms with Crippen LogP contribution in [0.1, 0.15) is 29.8 Å². The third-order valence-corrected chi connectivity index (χ3v) is 5.74. The standard InChI is InChI=1S/C23H26ClN3O4/c1-2-30-23(29)27-10-9-18-19-11-15(24)5-8-20(19)26-21(18)22(27)14-3-6-17(7-4-14)31-13-16(28)12-25/h3-8,11,16,22,26,28H,2,9-10,12-13,25H2,1H3. The van der Waals surface area contributed by atoms with Gasteiger partial charge in [-0.25, -0.2) is 4.79 Å². The lowest BCUT2D eigenvalue weighted by molar-refractivity contribution is 0.0931. The number of halogens is 1. The number of rotatable bonds is 6. The summed E-state index contributed by atoms with van der Waals surface area (Å²) in [5.74, 6) is 0.624. The van der Waals surface area contributed by atoms with Crippen LogP contribution in [0.2, 0.25) is 5.02 Å². The molecular weight excluding hydrogens is 418 g/mol. The van der Waals surface area contributed by atoms with Crippen LogP contribution in [0.5, 0.6) is 5.75 Å².